The molecule has 2 heterocycles. The molecule has 2 unspecified atom stereocenters. The lowest BCUT2D eigenvalue weighted by Crippen LogP contribution is -2.44. The summed E-state index contributed by atoms with van der Waals surface area (Å²) in [5.74, 6) is 0. The number of likely N-dealkylation sites (N-methyl/N-ethyl adjacent to an activating group) is 1. The van der Waals surface area contributed by atoms with Crippen LogP contribution >= 0.6 is 0 Å². The van der Waals surface area contributed by atoms with Crippen LogP contribution in [0.1, 0.15) is 25.3 Å². The predicted octanol–water partition coefficient (Wildman–Crippen LogP) is 1.33. The van der Waals surface area contributed by atoms with E-state index in [0.717, 1.165) is 26.1 Å². The summed E-state index contributed by atoms with van der Waals surface area (Å²) >= 11 is 0. The summed E-state index contributed by atoms with van der Waals surface area (Å²) in [5.41, 5.74) is 7.14. The van der Waals surface area contributed by atoms with E-state index in [9.17, 15) is 0 Å². The molecule has 0 saturated carbocycles. The Kier molecular flexibility index (Phi) is 5.31. The minimum absolute atomic E-state index is 0.556. The van der Waals surface area contributed by atoms with Crippen LogP contribution in [0.5, 0.6) is 0 Å². The summed E-state index contributed by atoms with van der Waals surface area (Å²) in [6.07, 6.45) is 6.05. The fourth-order valence-electron chi connectivity index (χ4n) is 2.92. The molecule has 1 aromatic heterocycles. The zero-order chi connectivity index (χ0) is 13.7. The topological polar surface area (TPSA) is 45.4 Å². The lowest BCUT2D eigenvalue weighted by atomic mass is 10.1. The molecule has 0 aromatic carbocycles. The molecule has 1 saturated heterocycles. The molecule has 0 spiro atoms. The van der Waals surface area contributed by atoms with Gasteiger partial charge in [0, 0.05) is 37.6 Å². The Morgan fingerprint density at radius 3 is 2.79 bits per heavy atom. The first-order chi connectivity index (χ1) is 9.20. The number of nitrogens with two attached hydrogens (primary N) is 1. The predicted molar refractivity (Wildman–Crippen MR) is 78.8 cm³/mol. The van der Waals surface area contributed by atoms with Gasteiger partial charge in [-0.05, 0) is 57.6 Å². The van der Waals surface area contributed by atoms with Gasteiger partial charge in [-0.3, -0.25) is 9.88 Å². The molecule has 4 heteroatoms. The van der Waals surface area contributed by atoms with Gasteiger partial charge < -0.3 is 10.6 Å². The molecular formula is C15H26N4. The highest BCUT2D eigenvalue weighted by Gasteiger charge is 2.27. The summed E-state index contributed by atoms with van der Waals surface area (Å²) in [6.45, 7) is 6.39. The van der Waals surface area contributed by atoms with Crippen molar-refractivity contribution >= 4 is 0 Å². The average molecular weight is 262 g/mol. The van der Waals surface area contributed by atoms with Crippen LogP contribution < -0.4 is 5.73 Å². The summed E-state index contributed by atoms with van der Waals surface area (Å²) < 4.78 is 0. The first kappa shape index (κ1) is 14.4. The van der Waals surface area contributed by atoms with Crippen molar-refractivity contribution in [2.45, 2.75) is 38.4 Å². The van der Waals surface area contributed by atoms with Crippen LogP contribution in [0.25, 0.3) is 0 Å². The molecule has 2 atom stereocenters. The van der Waals surface area contributed by atoms with Gasteiger partial charge in [0.2, 0.25) is 0 Å². The van der Waals surface area contributed by atoms with E-state index in [2.05, 4.69) is 40.9 Å². The highest BCUT2D eigenvalue weighted by Crippen LogP contribution is 2.20. The summed E-state index contributed by atoms with van der Waals surface area (Å²) in [6, 6.07) is 5.39. The van der Waals surface area contributed by atoms with Crippen molar-refractivity contribution in [3.05, 3.63) is 30.1 Å². The maximum absolute atomic E-state index is 5.80. The summed E-state index contributed by atoms with van der Waals surface area (Å²) in [5, 5.41) is 0. The van der Waals surface area contributed by atoms with Crippen molar-refractivity contribution < 1.29 is 0 Å². The van der Waals surface area contributed by atoms with Crippen molar-refractivity contribution in [3.63, 3.8) is 0 Å². The molecule has 1 aliphatic heterocycles. The molecule has 0 bridgehead atoms. The van der Waals surface area contributed by atoms with Crippen molar-refractivity contribution in [2.24, 2.45) is 5.73 Å². The molecule has 4 nitrogen and oxygen atoms in total. The Hall–Kier alpha value is -0.970. The molecule has 0 amide bonds. The number of hydrogen-bond donors (Lipinski definition) is 1. The minimum Gasteiger partial charge on any atom is -0.330 e. The van der Waals surface area contributed by atoms with Crippen LogP contribution in [0, 0.1) is 0 Å². The highest BCUT2D eigenvalue weighted by molar-refractivity contribution is 5.10. The zero-order valence-corrected chi connectivity index (χ0v) is 12.1. The molecule has 0 radical (unpaired) electrons. The maximum atomic E-state index is 5.80. The molecule has 2 rings (SSSR count). The second-order valence-electron chi connectivity index (χ2n) is 5.66. The number of rotatable bonds is 4. The van der Waals surface area contributed by atoms with Gasteiger partial charge in [0.25, 0.3) is 0 Å². The number of pyridine rings is 1. The lowest BCUT2D eigenvalue weighted by Gasteiger charge is -2.34. The third-order valence-electron chi connectivity index (χ3n) is 4.10. The third kappa shape index (κ3) is 4.00. The highest BCUT2D eigenvalue weighted by atomic mass is 15.2. The third-order valence-corrected chi connectivity index (χ3v) is 4.10. The van der Waals surface area contributed by atoms with Crippen LogP contribution in [0.15, 0.2) is 24.5 Å². The number of aromatic nitrogens is 1. The Bertz CT molecular complexity index is 368. The summed E-state index contributed by atoms with van der Waals surface area (Å²) in [4.78, 5) is 9.15. The molecule has 0 aliphatic carbocycles. The maximum Gasteiger partial charge on any atom is 0.0271 e. The van der Waals surface area contributed by atoms with Crippen LogP contribution in [0.2, 0.25) is 0 Å². The fourth-order valence-corrected chi connectivity index (χ4v) is 2.92. The molecule has 2 N–H and O–H groups in total. The molecule has 106 valence electrons. The monoisotopic (exact) mass is 262 g/mol. The van der Waals surface area contributed by atoms with Crippen LogP contribution in [0.3, 0.4) is 0 Å². The number of hydrogen-bond acceptors (Lipinski definition) is 4. The van der Waals surface area contributed by atoms with Gasteiger partial charge in [0.15, 0.2) is 0 Å². The van der Waals surface area contributed by atoms with E-state index < -0.39 is 0 Å². The van der Waals surface area contributed by atoms with Crippen molar-refractivity contribution in [2.75, 3.05) is 26.7 Å². The van der Waals surface area contributed by atoms with E-state index in [0.29, 0.717) is 12.1 Å². The smallest absolute Gasteiger partial charge is 0.0271 e. The van der Waals surface area contributed by atoms with E-state index in [1.165, 1.54) is 18.5 Å². The van der Waals surface area contributed by atoms with Gasteiger partial charge in [-0.2, -0.15) is 0 Å². The fraction of sp³-hybridized carbons (Fsp3) is 0.667. The van der Waals surface area contributed by atoms with Gasteiger partial charge in [-0.1, -0.05) is 0 Å². The van der Waals surface area contributed by atoms with Crippen molar-refractivity contribution in [3.8, 4) is 0 Å². The van der Waals surface area contributed by atoms with E-state index in [4.69, 9.17) is 5.73 Å². The van der Waals surface area contributed by atoms with Crippen molar-refractivity contribution in [1.29, 1.82) is 0 Å². The molecule has 1 aromatic rings. The molecule has 1 fully saturated rings. The average Bonchev–Trinajstić information content (AvgIpc) is 2.54. The second kappa shape index (κ2) is 6.98. The lowest BCUT2D eigenvalue weighted by molar-refractivity contribution is 0.129. The SMILES string of the molecule is CC1CCN(C)CC(CCN)N1Cc1ccncc1. The largest absolute Gasteiger partial charge is 0.330 e. The normalized spacial score (nSPS) is 26.3. The van der Waals surface area contributed by atoms with Gasteiger partial charge in [0.1, 0.15) is 0 Å². The first-order valence-corrected chi connectivity index (χ1v) is 7.24. The zero-order valence-electron chi connectivity index (χ0n) is 12.1. The molecule has 1 aliphatic rings. The van der Waals surface area contributed by atoms with Gasteiger partial charge >= 0.3 is 0 Å². The van der Waals surface area contributed by atoms with E-state index >= 15 is 0 Å². The Morgan fingerprint density at radius 1 is 1.37 bits per heavy atom. The standard InChI is InChI=1S/C15H26N4/c1-13-6-10-18(2)12-15(3-7-16)19(13)11-14-4-8-17-9-5-14/h4-5,8-9,13,15H,3,6-7,10-12,16H2,1-2H3. The van der Waals surface area contributed by atoms with Crippen molar-refractivity contribution in [1.82, 2.24) is 14.8 Å². The van der Waals surface area contributed by atoms with Crippen LogP contribution in [0.4, 0.5) is 0 Å². The Labute approximate surface area is 116 Å². The second-order valence-corrected chi connectivity index (χ2v) is 5.66. The van der Waals surface area contributed by atoms with Gasteiger partial charge in [0.05, 0.1) is 0 Å². The minimum atomic E-state index is 0.556. The Balaban J connectivity index is 2.11. The molecular weight excluding hydrogens is 236 g/mol. The first-order valence-electron chi connectivity index (χ1n) is 7.24. The number of nitrogens with zero attached hydrogens (tertiary/aromatic N) is 3. The van der Waals surface area contributed by atoms with Gasteiger partial charge in [-0.25, -0.2) is 0 Å². The Morgan fingerprint density at radius 2 is 2.11 bits per heavy atom. The van der Waals surface area contributed by atoms with Gasteiger partial charge in [-0.15, -0.1) is 0 Å². The van der Waals surface area contributed by atoms with E-state index in [1.54, 1.807) is 0 Å². The van der Waals surface area contributed by atoms with Crippen LogP contribution in [-0.2, 0) is 6.54 Å². The van der Waals surface area contributed by atoms with Crippen LogP contribution in [-0.4, -0.2) is 53.5 Å². The molecule has 19 heavy (non-hydrogen) atoms. The van der Waals surface area contributed by atoms with E-state index in [-0.39, 0.29) is 0 Å². The van der Waals surface area contributed by atoms with E-state index in [1.807, 2.05) is 12.4 Å². The quantitative estimate of drug-likeness (QED) is 0.889. The summed E-state index contributed by atoms with van der Waals surface area (Å²) in [7, 11) is 2.21.